The van der Waals surface area contributed by atoms with Crippen LogP contribution in [0.15, 0.2) is 65.8 Å². The van der Waals surface area contributed by atoms with Gasteiger partial charge >= 0.3 is 0 Å². The van der Waals surface area contributed by atoms with Crippen molar-refractivity contribution in [2.24, 2.45) is 5.10 Å². The number of carbonyl (C=O) groups is 1. The molecule has 0 unspecified atom stereocenters. The van der Waals surface area contributed by atoms with Gasteiger partial charge in [-0.15, -0.1) is 11.3 Å². The van der Waals surface area contributed by atoms with Crippen molar-refractivity contribution in [3.05, 3.63) is 76.0 Å². The lowest BCUT2D eigenvalue weighted by molar-refractivity contribution is 0.0956. The standard InChI is InChI=1S/C25H23N3O3S/c1-15-9-12-24(32-15)16(2)27-28-25(29)20-14-22(26-21-8-6-5-7-18(20)21)19-11-10-17(30-3)13-23(19)31-4/h5-14H,1-4H3,(H,28,29)/b27-16+. The fourth-order valence-electron chi connectivity index (χ4n) is 3.39. The van der Waals surface area contributed by atoms with Crippen LogP contribution in [0.3, 0.4) is 0 Å². The summed E-state index contributed by atoms with van der Waals surface area (Å²) in [6.07, 6.45) is 0. The number of aryl methyl sites for hydroxylation is 1. The molecule has 0 saturated heterocycles. The van der Waals surface area contributed by atoms with Crippen LogP contribution in [-0.4, -0.2) is 30.8 Å². The number of fused-ring (bicyclic) bond motifs is 1. The number of pyridine rings is 1. The first-order valence-electron chi connectivity index (χ1n) is 10.0. The van der Waals surface area contributed by atoms with Crippen LogP contribution in [0.5, 0.6) is 11.5 Å². The first-order chi connectivity index (χ1) is 15.5. The predicted molar refractivity (Wildman–Crippen MR) is 129 cm³/mol. The number of aromatic nitrogens is 1. The summed E-state index contributed by atoms with van der Waals surface area (Å²) in [5.74, 6) is 0.989. The lowest BCUT2D eigenvalue weighted by atomic mass is 10.0. The predicted octanol–water partition coefficient (Wildman–Crippen LogP) is 5.44. The molecule has 162 valence electrons. The quantitative estimate of drug-likeness (QED) is 0.317. The number of carbonyl (C=O) groups excluding carboxylic acids is 1. The zero-order valence-corrected chi connectivity index (χ0v) is 19.1. The van der Waals surface area contributed by atoms with E-state index in [1.165, 1.54) is 4.88 Å². The fraction of sp³-hybridized carbons (Fsp3) is 0.160. The number of benzene rings is 2. The minimum atomic E-state index is -0.301. The highest BCUT2D eigenvalue weighted by Crippen LogP contribution is 2.34. The SMILES string of the molecule is COc1ccc(-c2cc(C(=O)N/N=C(\C)c3ccc(C)s3)c3ccccc3n2)c(OC)c1. The van der Waals surface area contributed by atoms with Crippen LogP contribution in [0.2, 0.25) is 0 Å². The Bertz CT molecular complexity index is 1330. The monoisotopic (exact) mass is 445 g/mol. The maximum atomic E-state index is 13.1. The van der Waals surface area contributed by atoms with E-state index < -0.39 is 0 Å². The van der Waals surface area contributed by atoms with Gasteiger partial charge in [0.1, 0.15) is 11.5 Å². The van der Waals surface area contributed by atoms with Crippen molar-refractivity contribution in [2.75, 3.05) is 14.2 Å². The number of hydrogen-bond acceptors (Lipinski definition) is 6. The average molecular weight is 446 g/mol. The number of ether oxygens (including phenoxy) is 2. The molecule has 1 amide bonds. The van der Waals surface area contributed by atoms with Crippen LogP contribution < -0.4 is 14.9 Å². The average Bonchev–Trinajstić information content (AvgIpc) is 3.27. The lowest BCUT2D eigenvalue weighted by Crippen LogP contribution is -2.19. The number of hydrogen-bond donors (Lipinski definition) is 1. The minimum absolute atomic E-state index is 0.301. The number of hydrazone groups is 1. The van der Waals surface area contributed by atoms with E-state index in [9.17, 15) is 4.79 Å². The normalized spacial score (nSPS) is 11.4. The molecule has 4 aromatic rings. The van der Waals surface area contributed by atoms with Crippen LogP contribution in [0.4, 0.5) is 0 Å². The molecule has 0 bridgehead atoms. The number of amides is 1. The highest BCUT2D eigenvalue weighted by molar-refractivity contribution is 7.14. The Balaban J connectivity index is 1.75. The molecule has 0 spiro atoms. The molecule has 32 heavy (non-hydrogen) atoms. The summed E-state index contributed by atoms with van der Waals surface area (Å²) in [6, 6.07) is 18.9. The largest absolute Gasteiger partial charge is 0.497 e. The summed E-state index contributed by atoms with van der Waals surface area (Å²) in [5.41, 5.74) is 6.05. The molecule has 1 N–H and O–H groups in total. The van der Waals surface area contributed by atoms with Crippen LogP contribution in [0.1, 0.15) is 27.0 Å². The molecule has 0 aliphatic rings. The molecule has 2 aromatic carbocycles. The Morgan fingerprint density at radius 1 is 1.03 bits per heavy atom. The fourth-order valence-corrected chi connectivity index (χ4v) is 4.20. The minimum Gasteiger partial charge on any atom is -0.497 e. The third-order valence-corrected chi connectivity index (χ3v) is 6.18. The third kappa shape index (κ3) is 4.33. The number of methoxy groups -OCH3 is 2. The second-order valence-electron chi connectivity index (χ2n) is 7.19. The van der Waals surface area contributed by atoms with Gasteiger partial charge in [0, 0.05) is 21.9 Å². The van der Waals surface area contributed by atoms with Gasteiger partial charge in [0.15, 0.2) is 0 Å². The maximum absolute atomic E-state index is 13.1. The van der Waals surface area contributed by atoms with E-state index in [1.807, 2.05) is 62.4 Å². The van der Waals surface area contributed by atoms with Crippen molar-refractivity contribution in [2.45, 2.75) is 13.8 Å². The Hall–Kier alpha value is -3.71. The number of nitrogens with zero attached hydrogens (tertiary/aromatic N) is 2. The zero-order valence-electron chi connectivity index (χ0n) is 18.3. The molecule has 0 atom stereocenters. The first kappa shape index (κ1) is 21.5. The van der Waals surface area contributed by atoms with Crippen molar-refractivity contribution in [1.29, 1.82) is 0 Å². The molecule has 2 aromatic heterocycles. The van der Waals surface area contributed by atoms with Crippen LogP contribution in [0, 0.1) is 6.92 Å². The highest BCUT2D eigenvalue weighted by Gasteiger charge is 2.16. The van der Waals surface area contributed by atoms with Gasteiger partial charge in [0.2, 0.25) is 0 Å². The highest BCUT2D eigenvalue weighted by atomic mass is 32.1. The molecule has 0 aliphatic carbocycles. The van der Waals surface area contributed by atoms with E-state index in [0.29, 0.717) is 28.3 Å². The van der Waals surface area contributed by atoms with Crippen molar-refractivity contribution >= 4 is 33.9 Å². The summed E-state index contributed by atoms with van der Waals surface area (Å²) in [7, 11) is 3.20. The topological polar surface area (TPSA) is 72.8 Å². The van der Waals surface area contributed by atoms with Crippen molar-refractivity contribution in [1.82, 2.24) is 10.4 Å². The molecule has 2 heterocycles. The Labute approximate surface area is 190 Å². The molecule has 0 saturated carbocycles. The van der Waals surface area contributed by atoms with Gasteiger partial charge in [-0.05, 0) is 50.2 Å². The van der Waals surface area contributed by atoms with E-state index in [0.717, 1.165) is 21.5 Å². The second kappa shape index (κ2) is 9.20. The van der Waals surface area contributed by atoms with E-state index in [1.54, 1.807) is 37.7 Å². The molecular weight excluding hydrogens is 422 g/mol. The summed E-state index contributed by atoms with van der Waals surface area (Å²) >= 11 is 1.64. The Morgan fingerprint density at radius 3 is 2.56 bits per heavy atom. The van der Waals surface area contributed by atoms with E-state index in [4.69, 9.17) is 14.5 Å². The molecule has 0 fully saturated rings. The Morgan fingerprint density at radius 2 is 1.84 bits per heavy atom. The van der Waals surface area contributed by atoms with E-state index >= 15 is 0 Å². The molecule has 6 nitrogen and oxygen atoms in total. The first-order valence-corrected chi connectivity index (χ1v) is 10.9. The van der Waals surface area contributed by atoms with Crippen molar-refractivity contribution in [3.8, 4) is 22.8 Å². The van der Waals surface area contributed by atoms with Gasteiger partial charge < -0.3 is 9.47 Å². The third-order valence-electron chi connectivity index (χ3n) is 5.07. The van der Waals surface area contributed by atoms with Gasteiger partial charge in [-0.3, -0.25) is 4.79 Å². The molecular formula is C25H23N3O3S. The second-order valence-corrected chi connectivity index (χ2v) is 8.47. The summed E-state index contributed by atoms with van der Waals surface area (Å²) in [4.78, 5) is 20.1. The molecule has 0 aliphatic heterocycles. The number of para-hydroxylation sites is 1. The van der Waals surface area contributed by atoms with Crippen molar-refractivity contribution < 1.29 is 14.3 Å². The van der Waals surface area contributed by atoms with Crippen LogP contribution >= 0.6 is 11.3 Å². The molecule has 7 heteroatoms. The van der Waals surface area contributed by atoms with Crippen LogP contribution in [0.25, 0.3) is 22.2 Å². The summed E-state index contributed by atoms with van der Waals surface area (Å²) < 4.78 is 10.8. The smallest absolute Gasteiger partial charge is 0.272 e. The van der Waals surface area contributed by atoms with Gasteiger partial charge in [0.05, 0.1) is 41.6 Å². The van der Waals surface area contributed by atoms with E-state index in [-0.39, 0.29) is 5.91 Å². The van der Waals surface area contributed by atoms with E-state index in [2.05, 4.69) is 10.5 Å². The number of rotatable bonds is 6. The van der Waals surface area contributed by atoms with Gasteiger partial charge in [-0.25, -0.2) is 10.4 Å². The lowest BCUT2D eigenvalue weighted by Gasteiger charge is -2.13. The summed E-state index contributed by atoms with van der Waals surface area (Å²) in [5, 5.41) is 5.07. The number of thiophene rings is 1. The van der Waals surface area contributed by atoms with Crippen LogP contribution in [-0.2, 0) is 0 Å². The number of nitrogens with one attached hydrogen (secondary N) is 1. The maximum Gasteiger partial charge on any atom is 0.272 e. The van der Waals surface area contributed by atoms with Gasteiger partial charge in [0.25, 0.3) is 5.91 Å². The zero-order chi connectivity index (χ0) is 22.7. The molecule has 4 rings (SSSR count). The van der Waals surface area contributed by atoms with Crippen molar-refractivity contribution in [3.63, 3.8) is 0 Å². The molecule has 0 radical (unpaired) electrons. The van der Waals surface area contributed by atoms with Gasteiger partial charge in [-0.1, -0.05) is 18.2 Å². The van der Waals surface area contributed by atoms with Gasteiger partial charge in [-0.2, -0.15) is 5.10 Å². The summed E-state index contributed by atoms with van der Waals surface area (Å²) in [6.45, 7) is 3.92. The Kier molecular flexibility index (Phi) is 6.18.